The quantitative estimate of drug-likeness (QED) is 0.500. The maximum atomic E-state index is 11.4. The van der Waals surface area contributed by atoms with Crippen molar-refractivity contribution < 1.29 is 4.79 Å². The highest BCUT2D eigenvalue weighted by molar-refractivity contribution is 5.86. The minimum Gasteiger partial charge on any atom is -0.299 e. The van der Waals surface area contributed by atoms with Gasteiger partial charge in [-0.15, -0.1) is 0 Å². The van der Waals surface area contributed by atoms with Gasteiger partial charge in [-0.25, -0.2) is 0 Å². The molecule has 2 rings (SSSR count). The fraction of sp³-hybridized carbons (Fsp3) is 0.889. The summed E-state index contributed by atoms with van der Waals surface area (Å²) in [5.74, 6) is 2.20. The van der Waals surface area contributed by atoms with Crippen molar-refractivity contribution in [2.24, 2.45) is 17.8 Å². The van der Waals surface area contributed by atoms with Gasteiger partial charge < -0.3 is 0 Å². The predicted octanol–water partition coefficient (Wildman–Crippen LogP) is 2.01. The topological polar surface area (TPSA) is 17.1 Å². The molecule has 0 unspecified atom stereocenters. The zero-order valence-electron chi connectivity index (χ0n) is 6.47. The van der Waals surface area contributed by atoms with Crippen molar-refractivity contribution in [2.75, 3.05) is 0 Å². The van der Waals surface area contributed by atoms with Gasteiger partial charge in [0.15, 0.2) is 0 Å². The van der Waals surface area contributed by atoms with E-state index in [0.29, 0.717) is 23.5 Å². The summed E-state index contributed by atoms with van der Waals surface area (Å²) >= 11 is 0. The minimum absolute atomic E-state index is 0.457. The van der Waals surface area contributed by atoms with E-state index in [4.69, 9.17) is 0 Å². The number of fused-ring (bicyclic) bond motifs is 2. The summed E-state index contributed by atoms with van der Waals surface area (Å²) in [4.78, 5) is 11.4. The van der Waals surface area contributed by atoms with Gasteiger partial charge in [-0.3, -0.25) is 4.79 Å². The Labute approximate surface area is 61.8 Å². The van der Waals surface area contributed by atoms with Crippen molar-refractivity contribution in [3.63, 3.8) is 0 Å². The van der Waals surface area contributed by atoms with E-state index in [2.05, 4.69) is 6.92 Å². The number of Topliss-reactive ketones (excluding diaryl/α,β-unsaturated/α-hetero) is 1. The Morgan fingerprint density at radius 1 is 1.40 bits per heavy atom. The van der Waals surface area contributed by atoms with Gasteiger partial charge in [-0.1, -0.05) is 13.3 Å². The first-order valence-electron chi connectivity index (χ1n) is 4.33. The molecule has 2 aliphatic carbocycles. The Balaban J connectivity index is 2.22. The van der Waals surface area contributed by atoms with E-state index >= 15 is 0 Å². The molecule has 2 aliphatic rings. The summed E-state index contributed by atoms with van der Waals surface area (Å²) in [7, 11) is 0. The molecule has 0 heterocycles. The molecule has 0 aliphatic heterocycles. The van der Waals surface area contributed by atoms with E-state index < -0.39 is 0 Å². The van der Waals surface area contributed by atoms with Crippen molar-refractivity contribution in [3.05, 3.63) is 0 Å². The van der Waals surface area contributed by atoms with Crippen molar-refractivity contribution in [1.82, 2.24) is 0 Å². The van der Waals surface area contributed by atoms with Crippen LogP contribution in [0.4, 0.5) is 0 Å². The molecule has 0 N–H and O–H groups in total. The smallest absolute Gasteiger partial charge is 0.139 e. The van der Waals surface area contributed by atoms with Gasteiger partial charge in [0.05, 0.1) is 0 Å². The van der Waals surface area contributed by atoms with Gasteiger partial charge in [-0.05, 0) is 25.2 Å². The van der Waals surface area contributed by atoms with Gasteiger partial charge in [0.25, 0.3) is 0 Å². The summed E-state index contributed by atoms with van der Waals surface area (Å²) in [6.45, 7) is 2.23. The monoisotopic (exact) mass is 138 g/mol. The lowest BCUT2D eigenvalue weighted by Crippen LogP contribution is -2.20. The number of carbonyl (C=O) groups excluding carboxylic acids is 1. The normalized spacial score (nSPS) is 46.1. The maximum Gasteiger partial charge on any atom is 0.139 e. The largest absolute Gasteiger partial charge is 0.299 e. The summed E-state index contributed by atoms with van der Waals surface area (Å²) in [6, 6.07) is 0. The van der Waals surface area contributed by atoms with Crippen LogP contribution in [0.2, 0.25) is 0 Å². The van der Waals surface area contributed by atoms with Crippen molar-refractivity contribution in [2.45, 2.75) is 32.6 Å². The molecule has 3 atom stereocenters. The summed E-state index contributed by atoms with van der Waals surface area (Å²) in [5.41, 5.74) is 0. The van der Waals surface area contributed by atoms with E-state index in [9.17, 15) is 4.79 Å². The van der Waals surface area contributed by atoms with E-state index in [-0.39, 0.29) is 0 Å². The molecule has 0 spiro atoms. The van der Waals surface area contributed by atoms with E-state index in [1.54, 1.807) is 0 Å². The van der Waals surface area contributed by atoms with Crippen LogP contribution in [0.5, 0.6) is 0 Å². The molecule has 0 amide bonds. The van der Waals surface area contributed by atoms with Crippen LogP contribution in [-0.4, -0.2) is 5.78 Å². The second kappa shape index (κ2) is 2.08. The van der Waals surface area contributed by atoms with Crippen LogP contribution < -0.4 is 0 Å². The Morgan fingerprint density at radius 2 is 2.20 bits per heavy atom. The third-order valence-corrected chi connectivity index (χ3v) is 3.18. The van der Waals surface area contributed by atoms with Crippen LogP contribution in [0, 0.1) is 17.8 Å². The fourth-order valence-electron chi connectivity index (χ4n) is 2.58. The summed E-state index contributed by atoms with van der Waals surface area (Å²) < 4.78 is 0. The van der Waals surface area contributed by atoms with Crippen LogP contribution in [0.3, 0.4) is 0 Å². The van der Waals surface area contributed by atoms with Gasteiger partial charge in [-0.2, -0.15) is 0 Å². The minimum atomic E-state index is 0.457. The maximum absolute atomic E-state index is 11.4. The number of hydrogen-bond donors (Lipinski definition) is 0. The first-order valence-corrected chi connectivity index (χ1v) is 4.33. The van der Waals surface area contributed by atoms with Crippen LogP contribution in [0.1, 0.15) is 32.6 Å². The second-order valence-electron chi connectivity index (χ2n) is 3.85. The first kappa shape index (κ1) is 6.38. The molecular formula is C9H14O. The highest BCUT2D eigenvalue weighted by Crippen LogP contribution is 2.42. The zero-order chi connectivity index (χ0) is 7.14. The lowest BCUT2D eigenvalue weighted by molar-refractivity contribution is -0.126. The first-order chi connectivity index (χ1) is 4.79. The van der Waals surface area contributed by atoms with E-state index in [1.165, 1.54) is 25.7 Å². The second-order valence-corrected chi connectivity index (χ2v) is 3.85. The molecule has 0 aromatic carbocycles. The molecule has 1 heteroatoms. The molecule has 56 valence electrons. The molecule has 0 radical (unpaired) electrons. The number of rotatable bonds is 0. The average molecular weight is 138 g/mol. The number of carbonyl (C=O) groups is 1. The van der Waals surface area contributed by atoms with Crippen molar-refractivity contribution in [3.8, 4) is 0 Å². The fourth-order valence-corrected chi connectivity index (χ4v) is 2.58. The zero-order valence-corrected chi connectivity index (χ0v) is 6.47. The third-order valence-electron chi connectivity index (χ3n) is 3.18. The van der Waals surface area contributed by atoms with Gasteiger partial charge in [0.1, 0.15) is 5.78 Å². The lowest BCUT2D eigenvalue weighted by Gasteiger charge is -2.17. The molecule has 1 nitrogen and oxygen atoms in total. The van der Waals surface area contributed by atoms with Crippen molar-refractivity contribution in [1.29, 1.82) is 0 Å². The number of ketones is 1. The van der Waals surface area contributed by atoms with Gasteiger partial charge in [0.2, 0.25) is 0 Å². The highest BCUT2D eigenvalue weighted by atomic mass is 16.1. The summed E-state index contributed by atoms with van der Waals surface area (Å²) in [5, 5.41) is 0. The molecule has 10 heavy (non-hydrogen) atoms. The molecule has 0 aromatic heterocycles. The summed E-state index contributed by atoms with van der Waals surface area (Å²) in [6.07, 6.45) is 4.84. The van der Waals surface area contributed by atoms with E-state index in [1.807, 2.05) is 0 Å². The van der Waals surface area contributed by atoms with E-state index in [0.717, 1.165) is 0 Å². The molecule has 0 aromatic rings. The third kappa shape index (κ3) is 0.727. The highest BCUT2D eigenvalue weighted by Gasteiger charge is 2.41. The van der Waals surface area contributed by atoms with Crippen molar-refractivity contribution >= 4 is 5.78 Å². The van der Waals surface area contributed by atoms with Crippen LogP contribution in [-0.2, 0) is 4.79 Å². The average Bonchev–Trinajstić information content (AvgIpc) is 2.16. The van der Waals surface area contributed by atoms with Crippen LogP contribution in [0.25, 0.3) is 0 Å². The molecule has 2 bridgehead atoms. The SMILES string of the molecule is C[C@@H]1C[C@H]2CCC[C@@H]1C2=O. The predicted molar refractivity (Wildman–Crippen MR) is 39.6 cm³/mol. The number of hydrogen-bond acceptors (Lipinski definition) is 1. The van der Waals surface area contributed by atoms with Crippen LogP contribution >= 0.6 is 0 Å². The lowest BCUT2D eigenvalue weighted by atomic mass is 9.86. The Morgan fingerprint density at radius 3 is 2.80 bits per heavy atom. The molecule has 0 saturated heterocycles. The molecule has 2 fully saturated rings. The molecular weight excluding hydrogens is 124 g/mol. The van der Waals surface area contributed by atoms with Crippen LogP contribution in [0.15, 0.2) is 0 Å². The Kier molecular flexibility index (Phi) is 1.33. The Hall–Kier alpha value is -0.330. The Bertz CT molecular complexity index is 162. The molecule has 2 saturated carbocycles. The van der Waals surface area contributed by atoms with Gasteiger partial charge >= 0.3 is 0 Å². The van der Waals surface area contributed by atoms with Gasteiger partial charge in [0, 0.05) is 11.8 Å². The standard InChI is InChI=1S/C9H14O/c1-6-5-7-3-2-4-8(6)9(7)10/h6-8H,2-5H2,1H3/t6-,7-,8+/m1/s1.